The quantitative estimate of drug-likeness (QED) is 0.860. The molecule has 0 aliphatic carbocycles. The molecule has 2 saturated heterocycles. The van der Waals surface area contributed by atoms with E-state index in [4.69, 9.17) is 4.98 Å². The molecule has 0 spiro atoms. The normalized spacial score (nSPS) is 25.4. The standard InChI is InChI=1S/C21H29N5O/c1-15(27)24-21-8-9-22-11-18(21)13-26(14-21)12-17-10-16-6-4-5-7-19(16)23-20(17)25(2)3/h4-7,10,18,22H,8-9,11-14H2,1-3H3,(H,24,27)/t18-,21-/m1/s1. The third-order valence-corrected chi connectivity index (χ3v) is 5.93. The van der Waals surface area contributed by atoms with Crippen molar-refractivity contribution in [3.8, 4) is 0 Å². The zero-order valence-electron chi connectivity index (χ0n) is 16.5. The third-order valence-electron chi connectivity index (χ3n) is 5.93. The van der Waals surface area contributed by atoms with E-state index in [0.717, 1.165) is 50.5 Å². The van der Waals surface area contributed by atoms with Gasteiger partial charge in [-0.3, -0.25) is 9.69 Å². The van der Waals surface area contributed by atoms with Crippen molar-refractivity contribution in [2.75, 3.05) is 45.2 Å². The lowest BCUT2D eigenvalue weighted by atomic mass is 9.81. The van der Waals surface area contributed by atoms with Crippen LogP contribution in [0.4, 0.5) is 5.82 Å². The average Bonchev–Trinajstić information content (AvgIpc) is 2.97. The summed E-state index contributed by atoms with van der Waals surface area (Å²) in [5, 5.41) is 7.96. The first-order valence-electron chi connectivity index (χ1n) is 9.75. The molecule has 1 aromatic heterocycles. The summed E-state index contributed by atoms with van der Waals surface area (Å²) >= 11 is 0. The predicted octanol–water partition coefficient (Wildman–Crippen LogP) is 1.60. The van der Waals surface area contributed by atoms with E-state index in [9.17, 15) is 4.79 Å². The van der Waals surface area contributed by atoms with Gasteiger partial charge in [0.2, 0.25) is 5.91 Å². The van der Waals surface area contributed by atoms with Gasteiger partial charge in [0.1, 0.15) is 5.82 Å². The molecule has 2 fully saturated rings. The van der Waals surface area contributed by atoms with Gasteiger partial charge < -0.3 is 15.5 Å². The molecular weight excluding hydrogens is 338 g/mol. The number of nitrogens with one attached hydrogen (secondary N) is 2. The Balaban J connectivity index is 1.62. The zero-order chi connectivity index (χ0) is 19.0. The number of likely N-dealkylation sites (tertiary alicyclic amines) is 1. The minimum atomic E-state index is -0.0976. The number of rotatable bonds is 4. The minimum absolute atomic E-state index is 0.0742. The first-order chi connectivity index (χ1) is 13.0. The molecule has 144 valence electrons. The minimum Gasteiger partial charge on any atom is -0.362 e. The van der Waals surface area contributed by atoms with Crippen molar-refractivity contribution in [2.24, 2.45) is 5.92 Å². The molecule has 4 rings (SSSR count). The number of anilines is 1. The summed E-state index contributed by atoms with van der Waals surface area (Å²) in [6.07, 6.45) is 0.990. The highest BCUT2D eigenvalue weighted by molar-refractivity contribution is 5.81. The number of carbonyl (C=O) groups is 1. The van der Waals surface area contributed by atoms with Crippen molar-refractivity contribution in [3.63, 3.8) is 0 Å². The van der Waals surface area contributed by atoms with E-state index in [2.05, 4.69) is 44.7 Å². The highest BCUT2D eigenvalue weighted by Crippen LogP contribution is 2.34. The van der Waals surface area contributed by atoms with Crippen LogP contribution in [0.25, 0.3) is 10.9 Å². The largest absolute Gasteiger partial charge is 0.362 e. The van der Waals surface area contributed by atoms with Gasteiger partial charge in [0.05, 0.1) is 11.1 Å². The van der Waals surface area contributed by atoms with Crippen molar-refractivity contribution < 1.29 is 4.79 Å². The average molecular weight is 367 g/mol. The molecule has 27 heavy (non-hydrogen) atoms. The Bertz CT molecular complexity index is 852. The third kappa shape index (κ3) is 3.51. The summed E-state index contributed by atoms with van der Waals surface area (Å²) in [6.45, 7) is 6.31. The van der Waals surface area contributed by atoms with Crippen LogP contribution in [0.2, 0.25) is 0 Å². The first kappa shape index (κ1) is 18.2. The Morgan fingerprint density at radius 2 is 2.22 bits per heavy atom. The number of pyridine rings is 1. The van der Waals surface area contributed by atoms with Crippen LogP contribution in [0.3, 0.4) is 0 Å². The van der Waals surface area contributed by atoms with Crippen LogP contribution in [0, 0.1) is 5.92 Å². The highest BCUT2D eigenvalue weighted by atomic mass is 16.1. The summed E-state index contributed by atoms with van der Waals surface area (Å²) in [6, 6.07) is 10.5. The van der Waals surface area contributed by atoms with Crippen LogP contribution >= 0.6 is 0 Å². The van der Waals surface area contributed by atoms with Crippen molar-refractivity contribution in [2.45, 2.75) is 25.4 Å². The van der Waals surface area contributed by atoms with Gasteiger partial charge >= 0.3 is 0 Å². The van der Waals surface area contributed by atoms with Crippen molar-refractivity contribution >= 4 is 22.6 Å². The maximum absolute atomic E-state index is 11.8. The van der Waals surface area contributed by atoms with E-state index in [-0.39, 0.29) is 11.4 Å². The first-order valence-corrected chi connectivity index (χ1v) is 9.75. The Labute approximate surface area is 160 Å². The van der Waals surface area contributed by atoms with E-state index in [1.54, 1.807) is 6.92 Å². The molecule has 2 N–H and O–H groups in total. The van der Waals surface area contributed by atoms with Gasteiger partial charge in [-0.15, -0.1) is 0 Å². The smallest absolute Gasteiger partial charge is 0.217 e. The summed E-state index contributed by atoms with van der Waals surface area (Å²) in [7, 11) is 4.10. The van der Waals surface area contributed by atoms with Crippen LogP contribution in [0.5, 0.6) is 0 Å². The van der Waals surface area contributed by atoms with Gasteiger partial charge in [-0.2, -0.15) is 0 Å². The lowest BCUT2D eigenvalue weighted by Gasteiger charge is -2.39. The molecule has 3 heterocycles. The van der Waals surface area contributed by atoms with Gasteiger partial charge in [0.15, 0.2) is 0 Å². The molecule has 2 atom stereocenters. The van der Waals surface area contributed by atoms with E-state index < -0.39 is 0 Å². The van der Waals surface area contributed by atoms with Crippen LogP contribution in [-0.2, 0) is 11.3 Å². The zero-order valence-corrected chi connectivity index (χ0v) is 16.5. The highest BCUT2D eigenvalue weighted by Gasteiger charge is 2.48. The molecular formula is C21H29N5O. The molecule has 6 heteroatoms. The fourth-order valence-corrected chi connectivity index (χ4v) is 4.78. The summed E-state index contributed by atoms with van der Waals surface area (Å²) < 4.78 is 0. The van der Waals surface area contributed by atoms with Crippen LogP contribution < -0.4 is 15.5 Å². The summed E-state index contributed by atoms with van der Waals surface area (Å²) in [5.74, 6) is 1.55. The molecule has 0 radical (unpaired) electrons. The Kier molecular flexibility index (Phi) is 4.78. The van der Waals surface area contributed by atoms with Crippen LogP contribution in [0.15, 0.2) is 30.3 Å². The molecule has 0 saturated carbocycles. The van der Waals surface area contributed by atoms with Crippen molar-refractivity contribution in [3.05, 3.63) is 35.9 Å². The van der Waals surface area contributed by atoms with Gasteiger partial charge in [0.25, 0.3) is 0 Å². The van der Waals surface area contributed by atoms with Crippen LogP contribution in [0.1, 0.15) is 18.9 Å². The number of piperidine rings is 1. The number of para-hydroxylation sites is 1. The Morgan fingerprint density at radius 3 is 3.00 bits per heavy atom. The molecule has 1 amide bonds. The fourth-order valence-electron chi connectivity index (χ4n) is 4.78. The number of hydrogen-bond acceptors (Lipinski definition) is 5. The Hall–Kier alpha value is -2.18. The molecule has 0 bridgehead atoms. The summed E-state index contributed by atoms with van der Waals surface area (Å²) in [4.78, 5) is 21.3. The van der Waals surface area contributed by atoms with E-state index >= 15 is 0 Å². The number of benzene rings is 1. The second-order valence-corrected chi connectivity index (χ2v) is 8.22. The number of hydrogen-bond donors (Lipinski definition) is 2. The Morgan fingerprint density at radius 1 is 1.41 bits per heavy atom. The number of amides is 1. The second-order valence-electron chi connectivity index (χ2n) is 8.22. The molecule has 2 aliphatic heterocycles. The molecule has 6 nitrogen and oxygen atoms in total. The van der Waals surface area contributed by atoms with Gasteiger partial charge in [0, 0.05) is 64.1 Å². The van der Waals surface area contributed by atoms with E-state index in [1.807, 2.05) is 20.2 Å². The van der Waals surface area contributed by atoms with E-state index in [1.165, 1.54) is 10.9 Å². The lowest BCUT2D eigenvalue weighted by Crippen LogP contribution is -2.60. The number of aromatic nitrogens is 1. The maximum atomic E-state index is 11.8. The molecule has 2 aliphatic rings. The fraction of sp³-hybridized carbons (Fsp3) is 0.524. The van der Waals surface area contributed by atoms with Crippen LogP contribution in [-0.4, -0.2) is 61.6 Å². The molecule has 0 unspecified atom stereocenters. The number of fused-ring (bicyclic) bond motifs is 2. The monoisotopic (exact) mass is 367 g/mol. The van der Waals surface area contributed by atoms with Gasteiger partial charge in [-0.05, 0) is 25.1 Å². The SMILES string of the molecule is CC(=O)N[C@@]12CCNC[C@@H]1CN(Cc1cc3ccccc3nc1N(C)C)C2. The van der Waals surface area contributed by atoms with E-state index in [0.29, 0.717) is 5.92 Å². The lowest BCUT2D eigenvalue weighted by molar-refractivity contribution is -0.121. The second kappa shape index (κ2) is 7.09. The van der Waals surface area contributed by atoms with Crippen molar-refractivity contribution in [1.82, 2.24) is 20.5 Å². The predicted molar refractivity (Wildman–Crippen MR) is 109 cm³/mol. The number of nitrogens with zero attached hydrogens (tertiary/aromatic N) is 3. The van der Waals surface area contributed by atoms with Gasteiger partial charge in [-0.1, -0.05) is 18.2 Å². The van der Waals surface area contributed by atoms with Gasteiger partial charge in [-0.25, -0.2) is 4.98 Å². The molecule has 2 aromatic rings. The number of carbonyl (C=O) groups excluding carboxylic acids is 1. The maximum Gasteiger partial charge on any atom is 0.217 e. The summed E-state index contributed by atoms with van der Waals surface area (Å²) in [5.41, 5.74) is 2.17. The van der Waals surface area contributed by atoms with Crippen molar-refractivity contribution in [1.29, 1.82) is 0 Å². The topological polar surface area (TPSA) is 60.5 Å². The molecule has 1 aromatic carbocycles.